The Labute approximate surface area is 236 Å². The van der Waals surface area contributed by atoms with Crippen LogP contribution in [-0.4, -0.2) is 29.2 Å². The van der Waals surface area contributed by atoms with Gasteiger partial charge in [0.05, 0.1) is 12.6 Å². The fourth-order valence-corrected chi connectivity index (χ4v) is 5.25. The Bertz CT molecular complexity index is 1510. The van der Waals surface area contributed by atoms with Crippen molar-refractivity contribution >= 4 is 22.8 Å². The number of benzene rings is 3. The van der Waals surface area contributed by atoms with E-state index in [1.165, 1.54) is 24.0 Å². The number of aromatic nitrogens is 1. The Kier molecular flexibility index (Phi) is 7.97. The van der Waals surface area contributed by atoms with Gasteiger partial charge in [0.1, 0.15) is 5.75 Å². The number of nitrogens with zero attached hydrogens (tertiary/aromatic N) is 1. The average molecular weight is 539 g/mol. The molecule has 6 heteroatoms. The summed E-state index contributed by atoms with van der Waals surface area (Å²) in [5.41, 5.74) is 7.71. The molecule has 0 spiro atoms. The lowest BCUT2D eigenvalue weighted by atomic mass is 10.0. The second kappa shape index (κ2) is 11.6. The number of ether oxygens (including phenoxy) is 2. The first-order chi connectivity index (χ1) is 19.2. The van der Waals surface area contributed by atoms with E-state index >= 15 is 0 Å². The summed E-state index contributed by atoms with van der Waals surface area (Å²) in [4.78, 5) is 25.0. The maximum absolute atomic E-state index is 13.2. The van der Waals surface area contributed by atoms with Gasteiger partial charge in [0, 0.05) is 29.2 Å². The highest BCUT2D eigenvalue weighted by molar-refractivity contribution is 5.99. The minimum Gasteiger partial charge on any atom is -0.479 e. The van der Waals surface area contributed by atoms with Gasteiger partial charge >= 0.3 is 5.97 Å². The van der Waals surface area contributed by atoms with Gasteiger partial charge in [-0.1, -0.05) is 42.5 Å². The Hall–Kier alpha value is -4.06. The summed E-state index contributed by atoms with van der Waals surface area (Å²) < 4.78 is 12.9. The van der Waals surface area contributed by atoms with Gasteiger partial charge in [-0.2, -0.15) is 0 Å². The summed E-state index contributed by atoms with van der Waals surface area (Å²) in [7, 11) is 2.04. The fraction of sp³-hybridized carbons (Fsp3) is 0.353. The maximum atomic E-state index is 13.2. The third kappa shape index (κ3) is 5.91. The van der Waals surface area contributed by atoms with Crippen LogP contribution in [0, 0.1) is 6.92 Å². The molecule has 208 valence electrons. The zero-order chi connectivity index (χ0) is 28.4. The molecule has 1 aliphatic rings. The molecule has 1 N–H and O–H groups in total. The molecule has 0 radical (unpaired) electrons. The third-order valence-corrected chi connectivity index (χ3v) is 7.95. The van der Waals surface area contributed by atoms with Crippen molar-refractivity contribution in [3.8, 4) is 5.75 Å². The Morgan fingerprint density at radius 2 is 1.70 bits per heavy atom. The van der Waals surface area contributed by atoms with Gasteiger partial charge in [0.2, 0.25) is 0 Å². The normalized spacial score (nSPS) is 14.5. The highest BCUT2D eigenvalue weighted by Crippen LogP contribution is 2.40. The van der Waals surface area contributed by atoms with Gasteiger partial charge in [0.25, 0.3) is 5.91 Å². The number of carbonyl (C=O) groups is 2. The summed E-state index contributed by atoms with van der Waals surface area (Å²) in [5.74, 6) is 0.906. The van der Waals surface area contributed by atoms with E-state index in [0.29, 0.717) is 17.9 Å². The van der Waals surface area contributed by atoms with Gasteiger partial charge in [-0.25, -0.2) is 4.79 Å². The maximum Gasteiger partial charge on any atom is 0.347 e. The summed E-state index contributed by atoms with van der Waals surface area (Å²) in [6.45, 7) is 7.94. The number of rotatable bonds is 10. The molecule has 4 aromatic rings. The molecule has 1 fully saturated rings. The van der Waals surface area contributed by atoms with Gasteiger partial charge < -0.3 is 19.4 Å². The van der Waals surface area contributed by atoms with Crippen molar-refractivity contribution in [1.29, 1.82) is 0 Å². The molecule has 6 nitrogen and oxygen atoms in total. The highest BCUT2D eigenvalue weighted by atomic mass is 16.6. The Balaban J connectivity index is 1.28. The number of nitrogens with one attached hydrogen (secondary N) is 1. The van der Waals surface area contributed by atoms with Gasteiger partial charge in [0.15, 0.2) is 6.10 Å². The largest absolute Gasteiger partial charge is 0.479 e. The molecule has 1 aliphatic carbocycles. The summed E-state index contributed by atoms with van der Waals surface area (Å²) in [6, 6.07) is 22.3. The van der Waals surface area contributed by atoms with Crippen LogP contribution in [0.3, 0.4) is 0 Å². The van der Waals surface area contributed by atoms with E-state index in [1.807, 2.05) is 50.4 Å². The number of fused-ring (bicyclic) bond motifs is 1. The van der Waals surface area contributed by atoms with Crippen LogP contribution in [-0.2, 0) is 23.0 Å². The molecule has 1 unspecified atom stereocenters. The molecule has 1 aromatic heterocycles. The van der Waals surface area contributed by atoms with Crippen molar-refractivity contribution in [1.82, 2.24) is 9.88 Å². The molecule has 1 heterocycles. The van der Waals surface area contributed by atoms with Crippen LogP contribution < -0.4 is 10.1 Å². The smallest absolute Gasteiger partial charge is 0.347 e. The molecular formula is C34H38N2O4. The fourth-order valence-electron chi connectivity index (χ4n) is 5.25. The lowest BCUT2D eigenvalue weighted by Gasteiger charge is -2.15. The van der Waals surface area contributed by atoms with Crippen molar-refractivity contribution < 1.29 is 19.1 Å². The molecular weight excluding hydrogens is 500 g/mol. The van der Waals surface area contributed by atoms with Crippen molar-refractivity contribution in [2.45, 2.75) is 65.0 Å². The van der Waals surface area contributed by atoms with E-state index in [9.17, 15) is 9.59 Å². The average Bonchev–Trinajstić information content (AvgIpc) is 3.78. The topological polar surface area (TPSA) is 69.6 Å². The first-order valence-electron chi connectivity index (χ1n) is 14.2. The zero-order valence-electron chi connectivity index (χ0n) is 24.0. The molecule has 0 aliphatic heterocycles. The molecule has 0 bridgehead atoms. The second-order valence-corrected chi connectivity index (χ2v) is 10.8. The number of hydrogen-bond donors (Lipinski definition) is 1. The van der Waals surface area contributed by atoms with Crippen molar-refractivity contribution in [3.63, 3.8) is 0 Å². The quantitative estimate of drug-likeness (QED) is 0.226. The third-order valence-electron chi connectivity index (χ3n) is 7.95. The van der Waals surface area contributed by atoms with E-state index in [-0.39, 0.29) is 17.9 Å². The van der Waals surface area contributed by atoms with Gasteiger partial charge in [-0.15, -0.1) is 0 Å². The van der Waals surface area contributed by atoms with Crippen molar-refractivity contribution in [2.75, 3.05) is 6.61 Å². The van der Waals surface area contributed by atoms with Crippen LogP contribution in [0.4, 0.5) is 0 Å². The Morgan fingerprint density at radius 1 is 1.00 bits per heavy atom. The number of carbonyl (C=O) groups excluding carboxylic acids is 2. The summed E-state index contributed by atoms with van der Waals surface area (Å²) in [6.07, 6.45) is 2.66. The number of esters is 1. The van der Waals surface area contributed by atoms with Gasteiger partial charge in [-0.3, -0.25) is 4.79 Å². The molecule has 40 heavy (non-hydrogen) atoms. The van der Waals surface area contributed by atoms with Crippen LogP contribution in [0.2, 0.25) is 0 Å². The number of hydrogen-bond acceptors (Lipinski definition) is 4. The molecule has 2 atom stereocenters. The zero-order valence-corrected chi connectivity index (χ0v) is 24.0. The number of amides is 1. The lowest BCUT2D eigenvalue weighted by Crippen LogP contribution is -2.26. The van der Waals surface area contributed by atoms with Crippen molar-refractivity contribution in [2.24, 2.45) is 7.05 Å². The van der Waals surface area contributed by atoms with Gasteiger partial charge in [-0.05, 0) is 99.4 Å². The van der Waals surface area contributed by atoms with Crippen LogP contribution in [0.15, 0.2) is 66.7 Å². The highest BCUT2D eigenvalue weighted by Gasteiger charge is 2.23. The van der Waals surface area contributed by atoms with Crippen LogP contribution in [0.5, 0.6) is 5.75 Å². The molecule has 3 aromatic carbocycles. The predicted molar refractivity (Wildman–Crippen MR) is 158 cm³/mol. The molecule has 5 rings (SSSR count). The monoisotopic (exact) mass is 538 g/mol. The molecule has 0 saturated heterocycles. The minimum atomic E-state index is -0.659. The Morgan fingerprint density at radius 3 is 2.35 bits per heavy atom. The van der Waals surface area contributed by atoms with Crippen LogP contribution in [0.1, 0.15) is 83.9 Å². The SMILES string of the molecule is CCOC(=O)C(C)Oc1ccc(Cc2c(C)n(C)c3cc(C(=O)N[C@@H](C)c4ccc(C5CC5)cc4)ccc23)cc1. The summed E-state index contributed by atoms with van der Waals surface area (Å²) >= 11 is 0. The summed E-state index contributed by atoms with van der Waals surface area (Å²) in [5, 5.41) is 4.30. The van der Waals surface area contributed by atoms with Crippen LogP contribution >= 0.6 is 0 Å². The molecule has 1 saturated carbocycles. The molecule has 1 amide bonds. The van der Waals surface area contributed by atoms with Crippen molar-refractivity contribution in [3.05, 3.63) is 100 Å². The van der Waals surface area contributed by atoms with E-state index in [0.717, 1.165) is 40.1 Å². The van der Waals surface area contributed by atoms with E-state index in [4.69, 9.17) is 9.47 Å². The number of aryl methyl sites for hydroxylation is 1. The standard InChI is InChI=1S/C34H38N2O4/c1-6-39-34(38)23(4)40-29-16-7-24(8-17-29)19-31-22(3)36(5)32-20-28(15-18-30(31)32)33(37)35-21(2)25-9-11-26(12-10-25)27-13-14-27/h7-12,15-18,20-21,23,27H,6,13-14,19H2,1-5H3,(H,35,37)/t21-,23?/m0/s1. The van der Waals surface area contributed by atoms with E-state index in [2.05, 4.69) is 47.1 Å². The minimum absolute atomic E-state index is 0.0746. The van der Waals surface area contributed by atoms with E-state index < -0.39 is 6.10 Å². The second-order valence-electron chi connectivity index (χ2n) is 10.8. The van der Waals surface area contributed by atoms with E-state index in [1.54, 1.807) is 13.8 Å². The first kappa shape index (κ1) is 27.5. The lowest BCUT2D eigenvalue weighted by molar-refractivity contribution is -0.150. The van der Waals surface area contributed by atoms with Crippen LogP contribution in [0.25, 0.3) is 10.9 Å². The first-order valence-corrected chi connectivity index (χ1v) is 14.2. The predicted octanol–water partition coefficient (Wildman–Crippen LogP) is 6.78.